The molecule has 0 spiro atoms. The molecule has 1 saturated heterocycles. The first-order chi connectivity index (χ1) is 15.8. The monoisotopic (exact) mass is 463 g/mol. The van der Waals surface area contributed by atoms with E-state index < -0.39 is 23.4 Å². The van der Waals surface area contributed by atoms with Crippen molar-refractivity contribution in [3.05, 3.63) is 52.6 Å². The summed E-state index contributed by atoms with van der Waals surface area (Å²) in [6, 6.07) is 0. The van der Waals surface area contributed by atoms with Crippen LogP contribution in [0.15, 0.2) is 23.0 Å². The minimum Gasteiger partial charge on any atom is -0.455 e. The van der Waals surface area contributed by atoms with Gasteiger partial charge in [0.05, 0.1) is 48.5 Å². The first kappa shape index (κ1) is 21.6. The van der Waals surface area contributed by atoms with Gasteiger partial charge in [-0.25, -0.2) is 0 Å². The summed E-state index contributed by atoms with van der Waals surface area (Å²) in [5.41, 5.74) is 0.649. The number of ether oxygens (including phenoxy) is 2. The number of carbonyl (C=O) groups excluding carboxylic acids is 1. The molecule has 1 aliphatic heterocycles. The lowest BCUT2D eigenvalue weighted by Gasteiger charge is -2.13. The number of carbonyl (C=O) groups is 1. The fraction of sp³-hybridized carbons (Fsp3) is 0.429. The molecule has 0 unspecified atom stereocenters. The molecule has 5 rings (SSSR count). The number of aromatic nitrogens is 4. The van der Waals surface area contributed by atoms with Gasteiger partial charge in [0.1, 0.15) is 24.2 Å². The van der Waals surface area contributed by atoms with Crippen LogP contribution >= 0.6 is 0 Å². The van der Waals surface area contributed by atoms with E-state index in [1.54, 1.807) is 17.8 Å². The summed E-state index contributed by atoms with van der Waals surface area (Å²) in [4.78, 5) is 20.9. The topological polar surface area (TPSA) is 104 Å². The van der Waals surface area contributed by atoms with Crippen molar-refractivity contribution in [3.8, 4) is 11.3 Å². The first-order valence-electron chi connectivity index (χ1n) is 10.3. The number of nitrogens with one attached hydrogen (secondary N) is 1. The molecule has 1 aliphatic carbocycles. The van der Waals surface area contributed by atoms with Crippen LogP contribution in [0, 0.1) is 6.92 Å². The highest BCUT2D eigenvalue weighted by Crippen LogP contribution is 2.46. The number of hydrogen-bond donors (Lipinski definition) is 1. The van der Waals surface area contributed by atoms with E-state index in [4.69, 9.17) is 13.9 Å². The number of aryl methyl sites for hydroxylation is 3. The Morgan fingerprint density at radius 2 is 2.12 bits per heavy atom. The molecule has 1 atom stereocenters. The molecule has 0 saturated carbocycles. The number of fused-ring (bicyclic) bond motifs is 3. The number of furan rings is 1. The van der Waals surface area contributed by atoms with Crippen molar-refractivity contribution >= 4 is 5.91 Å². The second-order valence-corrected chi connectivity index (χ2v) is 7.94. The number of alkyl halides is 3. The molecule has 4 heterocycles. The second kappa shape index (κ2) is 8.27. The van der Waals surface area contributed by atoms with Crippen molar-refractivity contribution in [1.82, 2.24) is 25.1 Å². The average Bonchev–Trinajstić information content (AvgIpc) is 3.50. The van der Waals surface area contributed by atoms with Crippen LogP contribution in [-0.2, 0) is 41.6 Å². The van der Waals surface area contributed by atoms with Crippen molar-refractivity contribution in [1.29, 1.82) is 0 Å². The molecule has 1 fully saturated rings. The summed E-state index contributed by atoms with van der Waals surface area (Å²) in [5.74, 6) is -1.65. The molecule has 3 aromatic heterocycles. The van der Waals surface area contributed by atoms with Crippen LogP contribution in [0.2, 0.25) is 0 Å². The molecule has 1 amide bonds. The molecule has 2 aliphatic rings. The van der Waals surface area contributed by atoms with E-state index in [-0.39, 0.29) is 42.9 Å². The summed E-state index contributed by atoms with van der Waals surface area (Å²) in [6.07, 6.45) is 0.326. The summed E-state index contributed by atoms with van der Waals surface area (Å²) in [5, 5.41) is 6.82. The molecule has 0 aromatic carbocycles. The fourth-order valence-corrected chi connectivity index (χ4v) is 3.98. The van der Waals surface area contributed by atoms with Gasteiger partial charge in [0.25, 0.3) is 5.91 Å². The van der Waals surface area contributed by atoms with Crippen molar-refractivity contribution < 1.29 is 31.9 Å². The van der Waals surface area contributed by atoms with Crippen molar-refractivity contribution in [2.24, 2.45) is 0 Å². The van der Waals surface area contributed by atoms with Crippen LogP contribution in [0.1, 0.15) is 38.8 Å². The van der Waals surface area contributed by atoms with Crippen LogP contribution in [-0.4, -0.2) is 45.2 Å². The zero-order valence-corrected chi connectivity index (χ0v) is 17.6. The number of halogens is 3. The lowest BCUT2D eigenvalue weighted by Crippen LogP contribution is -2.25. The van der Waals surface area contributed by atoms with Gasteiger partial charge in [0, 0.05) is 18.8 Å². The van der Waals surface area contributed by atoms with Gasteiger partial charge < -0.3 is 19.2 Å². The standard InChI is InChI=1S/C21H20F3N5O4/c1-11-4-26-13(5-25-11)6-27-20(30)19-17(21(22,23)24)16-15(33-19)3-2-12-7-29(28-18(12)16)8-14-9-31-10-32-14/h4-5,7,14H,2-3,6,8-10H2,1H3,(H,27,30)/t14-/m0/s1. The zero-order chi connectivity index (χ0) is 23.2. The van der Waals surface area contributed by atoms with E-state index in [0.717, 1.165) is 0 Å². The predicted molar refractivity (Wildman–Crippen MR) is 106 cm³/mol. The largest absolute Gasteiger partial charge is 0.455 e. The van der Waals surface area contributed by atoms with Crippen LogP contribution in [0.5, 0.6) is 0 Å². The summed E-state index contributed by atoms with van der Waals surface area (Å²) >= 11 is 0. The number of nitrogens with zero attached hydrogens (tertiary/aromatic N) is 4. The van der Waals surface area contributed by atoms with Gasteiger partial charge in [-0.1, -0.05) is 0 Å². The van der Waals surface area contributed by atoms with Crippen molar-refractivity contribution in [3.63, 3.8) is 0 Å². The Kier molecular flexibility index (Phi) is 5.41. The Bertz CT molecular complexity index is 1180. The smallest absolute Gasteiger partial charge is 0.420 e. The Labute approximate surface area is 185 Å². The molecular formula is C21H20F3N5O4. The Morgan fingerprint density at radius 3 is 2.82 bits per heavy atom. The Morgan fingerprint density at radius 1 is 1.27 bits per heavy atom. The highest BCUT2D eigenvalue weighted by molar-refractivity contribution is 5.96. The molecule has 9 nitrogen and oxygen atoms in total. The number of rotatable bonds is 5. The molecule has 174 valence electrons. The minimum atomic E-state index is -4.81. The van der Waals surface area contributed by atoms with Gasteiger partial charge in [0.15, 0.2) is 0 Å². The maximum atomic E-state index is 14.1. The van der Waals surface area contributed by atoms with Gasteiger partial charge in [-0.2, -0.15) is 18.3 Å². The molecule has 3 aromatic rings. The third-order valence-corrected chi connectivity index (χ3v) is 5.51. The van der Waals surface area contributed by atoms with E-state index in [2.05, 4.69) is 20.4 Å². The highest BCUT2D eigenvalue weighted by atomic mass is 19.4. The van der Waals surface area contributed by atoms with Gasteiger partial charge in [0.2, 0.25) is 5.76 Å². The van der Waals surface area contributed by atoms with Crippen molar-refractivity contribution in [2.45, 2.75) is 45.1 Å². The Balaban J connectivity index is 1.46. The molecule has 0 radical (unpaired) electrons. The van der Waals surface area contributed by atoms with E-state index in [1.807, 2.05) is 0 Å². The van der Waals surface area contributed by atoms with E-state index >= 15 is 0 Å². The van der Waals surface area contributed by atoms with Crippen LogP contribution in [0.3, 0.4) is 0 Å². The van der Waals surface area contributed by atoms with Crippen LogP contribution in [0.4, 0.5) is 13.2 Å². The molecule has 33 heavy (non-hydrogen) atoms. The van der Waals surface area contributed by atoms with Crippen LogP contribution in [0.25, 0.3) is 11.3 Å². The normalized spacial score (nSPS) is 17.6. The lowest BCUT2D eigenvalue weighted by atomic mass is 9.93. The maximum Gasteiger partial charge on any atom is 0.420 e. The third-order valence-electron chi connectivity index (χ3n) is 5.51. The molecular weight excluding hydrogens is 443 g/mol. The molecule has 1 N–H and O–H groups in total. The molecule has 12 heteroatoms. The first-order valence-corrected chi connectivity index (χ1v) is 10.3. The minimum absolute atomic E-state index is 0.0852. The summed E-state index contributed by atoms with van der Waals surface area (Å²) in [7, 11) is 0. The second-order valence-electron chi connectivity index (χ2n) is 7.94. The van der Waals surface area contributed by atoms with Gasteiger partial charge in [-0.15, -0.1) is 0 Å². The maximum absolute atomic E-state index is 14.1. The SMILES string of the molecule is Cc1cnc(CNC(=O)c2oc3c(c2C(F)(F)F)-c2nn(C[C@H]4COCO4)cc2CC3)cn1. The molecule has 0 bridgehead atoms. The lowest BCUT2D eigenvalue weighted by molar-refractivity contribution is -0.137. The van der Waals surface area contributed by atoms with E-state index in [9.17, 15) is 18.0 Å². The summed E-state index contributed by atoms with van der Waals surface area (Å²) in [6.45, 7) is 2.60. The predicted octanol–water partition coefficient (Wildman–Crippen LogP) is 2.66. The zero-order valence-electron chi connectivity index (χ0n) is 17.6. The third kappa shape index (κ3) is 4.23. The Hall–Kier alpha value is -3.25. The van der Waals surface area contributed by atoms with Gasteiger partial charge in [-0.3, -0.25) is 19.4 Å². The average molecular weight is 463 g/mol. The van der Waals surface area contributed by atoms with E-state index in [1.165, 1.54) is 12.4 Å². The fourth-order valence-electron chi connectivity index (χ4n) is 3.98. The highest BCUT2D eigenvalue weighted by Gasteiger charge is 2.45. The van der Waals surface area contributed by atoms with E-state index in [0.29, 0.717) is 36.5 Å². The van der Waals surface area contributed by atoms with Gasteiger partial charge in [-0.05, 0) is 18.9 Å². The van der Waals surface area contributed by atoms with Crippen LogP contribution < -0.4 is 5.32 Å². The number of hydrogen-bond acceptors (Lipinski definition) is 7. The van der Waals surface area contributed by atoms with Crippen molar-refractivity contribution in [2.75, 3.05) is 13.4 Å². The number of amides is 1. The summed E-state index contributed by atoms with van der Waals surface area (Å²) < 4.78 is 60.0. The van der Waals surface area contributed by atoms with Gasteiger partial charge >= 0.3 is 6.18 Å². The quantitative estimate of drug-likeness (QED) is 0.620.